The summed E-state index contributed by atoms with van der Waals surface area (Å²) in [7, 11) is 0. The summed E-state index contributed by atoms with van der Waals surface area (Å²) in [5, 5.41) is 5.46. The molecule has 21 heavy (non-hydrogen) atoms. The molecule has 0 saturated heterocycles. The highest BCUT2D eigenvalue weighted by molar-refractivity contribution is 5.94. The Morgan fingerprint density at radius 1 is 1.14 bits per heavy atom. The van der Waals surface area contributed by atoms with Crippen LogP contribution in [0.4, 0.5) is 5.82 Å². The SMILES string of the molecule is c1c[nH]c(CCNc2nccc3cc4c(cc23)OCO4)n1. The van der Waals surface area contributed by atoms with E-state index in [0.29, 0.717) is 0 Å². The van der Waals surface area contributed by atoms with Gasteiger partial charge in [0, 0.05) is 36.9 Å². The third kappa shape index (κ3) is 2.24. The van der Waals surface area contributed by atoms with Crippen molar-refractivity contribution in [3.63, 3.8) is 0 Å². The first kappa shape index (κ1) is 12.0. The minimum absolute atomic E-state index is 0.278. The molecule has 0 unspecified atom stereocenters. The minimum Gasteiger partial charge on any atom is -0.454 e. The van der Waals surface area contributed by atoms with Crippen LogP contribution in [0, 0.1) is 0 Å². The van der Waals surface area contributed by atoms with Gasteiger partial charge in [0.2, 0.25) is 6.79 Å². The molecule has 0 atom stereocenters. The molecule has 1 aliphatic heterocycles. The van der Waals surface area contributed by atoms with Crippen LogP contribution in [0.3, 0.4) is 0 Å². The quantitative estimate of drug-likeness (QED) is 0.768. The normalized spacial score (nSPS) is 12.8. The zero-order valence-electron chi connectivity index (χ0n) is 11.3. The molecular weight excluding hydrogens is 268 g/mol. The Labute approximate surface area is 121 Å². The summed E-state index contributed by atoms with van der Waals surface area (Å²) in [6.07, 6.45) is 6.19. The average molecular weight is 282 g/mol. The van der Waals surface area contributed by atoms with E-state index >= 15 is 0 Å². The molecule has 6 nitrogen and oxygen atoms in total. The van der Waals surface area contributed by atoms with E-state index in [4.69, 9.17) is 9.47 Å². The van der Waals surface area contributed by atoms with Crippen LogP contribution in [0.15, 0.2) is 36.8 Å². The highest BCUT2D eigenvalue weighted by atomic mass is 16.7. The van der Waals surface area contributed by atoms with Crippen molar-refractivity contribution in [1.82, 2.24) is 15.0 Å². The number of aromatic nitrogens is 3. The number of H-pyrrole nitrogens is 1. The van der Waals surface area contributed by atoms with Crippen molar-refractivity contribution in [3.05, 3.63) is 42.6 Å². The van der Waals surface area contributed by atoms with E-state index in [1.807, 2.05) is 24.4 Å². The summed E-state index contributed by atoms with van der Waals surface area (Å²) >= 11 is 0. The number of aromatic amines is 1. The van der Waals surface area contributed by atoms with Crippen LogP contribution in [-0.2, 0) is 6.42 Å². The predicted octanol–water partition coefficient (Wildman–Crippen LogP) is 2.34. The monoisotopic (exact) mass is 282 g/mol. The average Bonchev–Trinajstić information content (AvgIpc) is 3.16. The highest BCUT2D eigenvalue weighted by Gasteiger charge is 2.15. The molecule has 3 aromatic rings. The number of ether oxygens (including phenoxy) is 2. The Kier molecular flexibility index (Phi) is 2.85. The fraction of sp³-hybridized carbons (Fsp3) is 0.200. The van der Waals surface area contributed by atoms with Crippen LogP contribution in [0.1, 0.15) is 5.82 Å². The zero-order chi connectivity index (χ0) is 14.1. The van der Waals surface area contributed by atoms with Crippen LogP contribution >= 0.6 is 0 Å². The summed E-state index contributed by atoms with van der Waals surface area (Å²) < 4.78 is 10.8. The van der Waals surface area contributed by atoms with E-state index in [2.05, 4.69) is 20.3 Å². The minimum atomic E-state index is 0.278. The first-order chi connectivity index (χ1) is 10.4. The van der Waals surface area contributed by atoms with E-state index in [1.165, 1.54) is 0 Å². The van der Waals surface area contributed by atoms with E-state index < -0.39 is 0 Å². The lowest BCUT2D eigenvalue weighted by Gasteiger charge is -2.09. The zero-order valence-corrected chi connectivity index (χ0v) is 11.3. The molecule has 2 aromatic heterocycles. The molecule has 0 fully saturated rings. The number of hydrogen-bond donors (Lipinski definition) is 2. The number of fused-ring (bicyclic) bond motifs is 2. The van der Waals surface area contributed by atoms with Crippen molar-refractivity contribution in [2.24, 2.45) is 0 Å². The molecule has 3 heterocycles. The number of imidazole rings is 1. The molecule has 0 amide bonds. The van der Waals surface area contributed by atoms with Crippen molar-refractivity contribution in [2.75, 3.05) is 18.7 Å². The molecule has 2 N–H and O–H groups in total. The Bertz CT molecular complexity index is 771. The van der Waals surface area contributed by atoms with Gasteiger partial charge in [0.05, 0.1) is 0 Å². The summed E-state index contributed by atoms with van der Waals surface area (Å²) in [5.74, 6) is 3.36. The van der Waals surface area contributed by atoms with Gasteiger partial charge in [0.15, 0.2) is 11.5 Å². The second-order valence-electron chi connectivity index (χ2n) is 4.80. The van der Waals surface area contributed by atoms with Gasteiger partial charge in [0.25, 0.3) is 0 Å². The Morgan fingerprint density at radius 2 is 2.05 bits per heavy atom. The predicted molar refractivity (Wildman–Crippen MR) is 78.6 cm³/mol. The third-order valence-electron chi connectivity index (χ3n) is 3.47. The lowest BCUT2D eigenvalue weighted by molar-refractivity contribution is 0.174. The molecule has 0 bridgehead atoms. The first-order valence-corrected chi connectivity index (χ1v) is 6.81. The number of nitrogens with one attached hydrogen (secondary N) is 2. The van der Waals surface area contributed by atoms with Crippen molar-refractivity contribution in [1.29, 1.82) is 0 Å². The Balaban J connectivity index is 1.59. The van der Waals surface area contributed by atoms with Gasteiger partial charge in [-0.15, -0.1) is 0 Å². The molecule has 1 aliphatic rings. The maximum atomic E-state index is 5.43. The summed E-state index contributed by atoms with van der Waals surface area (Å²) in [5.41, 5.74) is 0. The molecule has 106 valence electrons. The molecule has 1 aromatic carbocycles. The Morgan fingerprint density at radius 3 is 2.90 bits per heavy atom. The molecule has 0 saturated carbocycles. The van der Waals surface area contributed by atoms with Crippen LogP contribution in [0.2, 0.25) is 0 Å². The van der Waals surface area contributed by atoms with Gasteiger partial charge in [-0.3, -0.25) is 0 Å². The van der Waals surface area contributed by atoms with Crippen LogP contribution in [0.25, 0.3) is 10.8 Å². The van der Waals surface area contributed by atoms with Gasteiger partial charge in [-0.05, 0) is 23.6 Å². The van der Waals surface area contributed by atoms with E-state index in [9.17, 15) is 0 Å². The first-order valence-electron chi connectivity index (χ1n) is 6.81. The van der Waals surface area contributed by atoms with Crippen molar-refractivity contribution < 1.29 is 9.47 Å². The van der Waals surface area contributed by atoms with Gasteiger partial charge in [-0.2, -0.15) is 0 Å². The largest absolute Gasteiger partial charge is 0.454 e. The lowest BCUT2D eigenvalue weighted by Crippen LogP contribution is -2.07. The van der Waals surface area contributed by atoms with E-state index in [-0.39, 0.29) is 6.79 Å². The molecule has 4 rings (SSSR count). The van der Waals surface area contributed by atoms with Crippen molar-refractivity contribution in [3.8, 4) is 11.5 Å². The van der Waals surface area contributed by atoms with E-state index in [0.717, 1.165) is 46.9 Å². The summed E-state index contributed by atoms with van der Waals surface area (Å²) in [4.78, 5) is 11.7. The number of benzene rings is 1. The Hall–Kier alpha value is -2.76. The van der Waals surface area contributed by atoms with Gasteiger partial charge in [0.1, 0.15) is 11.6 Å². The number of pyridine rings is 1. The number of hydrogen-bond acceptors (Lipinski definition) is 5. The second kappa shape index (κ2) is 4.97. The fourth-order valence-electron chi connectivity index (χ4n) is 2.44. The van der Waals surface area contributed by atoms with Gasteiger partial charge < -0.3 is 19.8 Å². The topological polar surface area (TPSA) is 72.1 Å². The van der Waals surface area contributed by atoms with Crippen LogP contribution in [-0.4, -0.2) is 28.3 Å². The molecule has 0 radical (unpaired) electrons. The maximum Gasteiger partial charge on any atom is 0.231 e. The summed E-state index contributed by atoms with van der Waals surface area (Å²) in [6.45, 7) is 1.04. The summed E-state index contributed by atoms with van der Waals surface area (Å²) in [6, 6.07) is 5.92. The van der Waals surface area contributed by atoms with Crippen LogP contribution in [0.5, 0.6) is 11.5 Å². The van der Waals surface area contributed by atoms with Crippen molar-refractivity contribution >= 4 is 16.6 Å². The highest BCUT2D eigenvalue weighted by Crippen LogP contribution is 2.37. The lowest BCUT2D eigenvalue weighted by atomic mass is 10.1. The number of rotatable bonds is 4. The molecule has 0 aliphatic carbocycles. The van der Waals surface area contributed by atoms with Gasteiger partial charge in [-0.1, -0.05) is 0 Å². The molecule has 0 spiro atoms. The van der Waals surface area contributed by atoms with Gasteiger partial charge in [-0.25, -0.2) is 9.97 Å². The molecular formula is C15H14N4O2. The second-order valence-corrected chi connectivity index (χ2v) is 4.80. The number of anilines is 1. The fourth-order valence-corrected chi connectivity index (χ4v) is 2.44. The van der Waals surface area contributed by atoms with Crippen LogP contribution < -0.4 is 14.8 Å². The van der Waals surface area contributed by atoms with Gasteiger partial charge >= 0.3 is 0 Å². The smallest absolute Gasteiger partial charge is 0.231 e. The van der Waals surface area contributed by atoms with Crippen molar-refractivity contribution in [2.45, 2.75) is 6.42 Å². The number of nitrogens with zero attached hydrogens (tertiary/aromatic N) is 2. The molecule has 6 heteroatoms. The third-order valence-corrected chi connectivity index (χ3v) is 3.47. The maximum absolute atomic E-state index is 5.43. The van der Waals surface area contributed by atoms with E-state index in [1.54, 1.807) is 12.4 Å². The standard InChI is InChI=1S/C15H14N4O2/c1-3-18-15(19-4-2-14-16-5-6-17-14)11-8-13-12(7-10(1)11)20-9-21-13/h1,3,5-8H,2,4,9H2,(H,16,17)(H,18,19).